The minimum Gasteiger partial charge on any atom is -0.477 e. The van der Waals surface area contributed by atoms with E-state index in [1.807, 2.05) is 6.92 Å². The number of nitrogens with one attached hydrogen (secondary N) is 1. The van der Waals surface area contributed by atoms with Crippen molar-refractivity contribution in [2.24, 2.45) is 15.4 Å². The topological polar surface area (TPSA) is 112 Å². The maximum absolute atomic E-state index is 14.0. The number of nitrogens with two attached hydrogens (primary N) is 1. The highest BCUT2D eigenvalue weighted by molar-refractivity contribution is 7.91. The van der Waals surface area contributed by atoms with Gasteiger partial charge in [0.05, 0.1) is 19.3 Å². The number of carbonyl (C=O) groups excluding carboxylic acids is 1. The van der Waals surface area contributed by atoms with Crippen LogP contribution in [0.25, 0.3) is 0 Å². The lowest BCUT2D eigenvalue weighted by Crippen LogP contribution is -2.25. The van der Waals surface area contributed by atoms with E-state index in [-0.39, 0.29) is 17.2 Å². The van der Waals surface area contributed by atoms with E-state index >= 15 is 0 Å². The van der Waals surface area contributed by atoms with E-state index in [1.54, 1.807) is 4.68 Å². The Kier molecular flexibility index (Phi) is 4.59. The highest BCUT2D eigenvalue weighted by atomic mass is 32.2. The maximum Gasteiger partial charge on any atom is 0.354 e. The number of amides is 2. The fraction of sp³-hybridized carbons (Fsp3) is 0.500. The lowest BCUT2D eigenvalue weighted by atomic mass is 9.99. The van der Waals surface area contributed by atoms with Gasteiger partial charge in [-0.15, -0.1) is 4.36 Å². The molecule has 30 heavy (non-hydrogen) atoms. The second kappa shape index (κ2) is 7.05. The summed E-state index contributed by atoms with van der Waals surface area (Å²) in [4.78, 5) is 12.8. The van der Waals surface area contributed by atoms with Crippen molar-refractivity contribution >= 4 is 21.6 Å². The molecule has 2 aliphatic carbocycles. The number of ether oxygens (including phenoxy) is 1. The number of hydrogen-bond donors (Lipinski definition) is 2. The van der Waals surface area contributed by atoms with Gasteiger partial charge in [-0.1, -0.05) is 13.0 Å². The molecular weight excluding hydrogens is 409 g/mol. The van der Waals surface area contributed by atoms with E-state index in [2.05, 4.69) is 20.8 Å². The molecule has 0 saturated heterocycles. The number of aryl methyl sites for hydroxylation is 1. The predicted octanol–water partition coefficient (Wildman–Crippen LogP) is 2.77. The van der Waals surface area contributed by atoms with Gasteiger partial charge in [0.15, 0.2) is 9.92 Å². The van der Waals surface area contributed by atoms with E-state index in [1.165, 1.54) is 6.20 Å². The van der Waals surface area contributed by atoms with Crippen LogP contribution >= 0.6 is 0 Å². The van der Waals surface area contributed by atoms with Gasteiger partial charge in [0.1, 0.15) is 11.1 Å². The molecule has 0 saturated carbocycles. The van der Waals surface area contributed by atoms with E-state index in [0.717, 1.165) is 41.5 Å². The third-order valence-electron chi connectivity index (χ3n) is 5.98. The van der Waals surface area contributed by atoms with Gasteiger partial charge in [-0.25, -0.2) is 23.2 Å². The Hall–Kier alpha value is -2.46. The SMILES string of the molecule is CC1COc2c(S(N)(=O)=NC(=O)Nc3c4c(cc5c3CC(F)C5)CCC4)cnn2C1. The number of carbonyl (C=O) groups is 1. The van der Waals surface area contributed by atoms with Gasteiger partial charge in [-0.05, 0) is 41.5 Å². The number of halogens is 1. The zero-order valence-corrected chi connectivity index (χ0v) is 17.5. The number of benzene rings is 1. The quantitative estimate of drug-likeness (QED) is 0.758. The first kappa shape index (κ1) is 19.5. The fourth-order valence-corrected chi connectivity index (χ4v) is 5.66. The molecule has 0 spiro atoms. The molecule has 3 N–H and O–H groups in total. The van der Waals surface area contributed by atoms with Crippen LogP contribution in [0.15, 0.2) is 21.5 Å². The lowest BCUT2D eigenvalue weighted by molar-refractivity contribution is 0.171. The molecule has 160 valence electrons. The van der Waals surface area contributed by atoms with Crippen LogP contribution in [0.1, 0.15) is 35.6 Å². The summed E-state index contributed by atoms with van der Waals surface area (Å²) in [5, 5.41) is 12.9. The summed E-state index contributed by atoms with van der Waals surface area (Å²) in [5.74, 6) is 0.555. The molecule has 0 radical (unpaired) electrons. The second-order valence-corrected chi connectivity index (χ2v) is 10.1. The molecule has 0 fully saturated rings. The Labute approximate surface area is 174 Å². The molecule has 3 unspecified atom stereocenters. The van der Waals surface area contributed by atoms with E-state index in [4.69, 9.17) is 9.88 Å². The summed E-state index contributed by atoms with van der Waals surface area (Å²) in [6.45, 7) is 3.08. The van der Waals surface area contributed by atoms with Crippen LogP contribution in [0.3, 0.4) is 0 Å². The zero-order chi connectivity index (χ0) is 21.0. The molecule has 0 bridgehead atoms. The molecule has 2 amide bonds. The fourth-order valence-electron chi connectivity index (χ4n) is 4.65. The minimum absolute atomic E-state index is 0.108. The average Bonchev–Trinajstić information content (AvgIpc) is 3.37. The number of fused-ring (bicyclic) bond motifs is 3. The highest BCUT2D eigenvalue weighted by Gasteiger charge is 2.30. The Morgan fingerprint density at radius 1 is 1.37 bits per heavy atom. The monoisotopic (exact) mass is 433 g/mol. The van der Waals surface area contributed by atoms with Crippen LogP contribution in [0.4, 0.5) is 14.9 Å². The molecule has 2 aromatic rings. The molecule has 10 heteroatoms. The number of nitrogens with zero attached hydrogens (tertiary/aromatic N) is 3. The van der Waals surface area contributed by atoms with Crippen molar-refractivity contribution in [1.29, 1.82) is 0 Å². The molecular formula is C20H24FN5O3S. The zero-order valence-electron chi connectivity index (χ0n) is 16.7. The van der Waals surface area contributed by atoms with Crippen LogP contribution in [0, 0.1) is 5.92 Å². The molecule has 8 nitrogen and oxygen atoms in total. The van der Waals surface area contributed by atoms with Crippen LogP contribution in [0.5, 0.6) is 5.88 Å². The van der Waals surface area contributed by atoms with Gasteiger partial charge in [0, 0.05) is 24.4 Å². The molecule has 1 aliphatic heterocycles. The largest absolute Gasteiger partial charge is 0.477 e. The van der Waals surface area contributed by atoms with E-state index < -0.39 is 22.1 Å². The summed E-state index contributed by atoms with van der Waals surface area (Å²) in [5.41, 5.74) is 4.52. The van der Waals surface area contributed by atoms with Gasteiger partial charge in [-0.3, -0.25) is 0 Å². The van der Waals surface area contributed by atoms with Crippen LogP contribution < -0.4 is 15.2 Å². The Morgan fingerprint density at radius 3 is 3.03 bits per heavy atom. The van der Waals surface area contributed by atoms with Crippen LogP contribution in [-0.4, -0.2) is 32.8 Å². The summed E-state index contributed by atoms with van der Waals surface area (Å²) >= 11 is 0. The van der Waals surface area contributed by atoms with Crippen molar-refractivity contribution in [3.05, 3.63) is 34.5 Å². The minimum atomic E-state index is -3.55. The first-order valence-corrected chi connectivity index (χ1v) is 11.7. The Morgan fingerprint density at radius 2 is 2.20 bits per heavy atom. The molecule has 5 rings (SSSR count). The van der Waals surface area contributed by atoms with Crippen molar-refractivity contribution in [3.63, 3.8) is 0 Å². The van der Waals surface area contributed by atoms with Gasteiger partial charge in [0.2, 0.25) is 5.88 Å². The van der Waals surface area contributed by atoms with Crippen molar-refractivity contribution < 1.29 is 18.1 Å². The number of anilines is 1. The Balaban J connectivity index is 1.47. The molecule has 3 aliphatic rings. The summed E-state index contributed by atoms with van der Waals surface area (Å²) in [6.07, 6.45) is 3.73. The van der Waals surface area contributed by atoms with Gasteiger partial charge >= 0.3 is 6.03 Å². The van der Waals surface area contributed by atoms with Crippen molar-refractivity contribution in [2.45, 2.75) is 56.6 Å². The third kappa shape index (κ3) is 3.27. The van der Waals surface area contributed by atoms with Gasteiger partial charge in [-0.2, -0.15) is 5.10 Å². The highest BCUT2D eigenvalue weighted by Crippen LogP contribution is 2.39. The van der Waals surface area contributed by atoms with Crippen molar-refractivity contribution in [1.82, 2.24) is 9.78 Å². The van der Waals surface area contributed by atoms with Crippen molar-refractivity contribution in [2.75, 3.05) is 11.9 Å². The standard InChI is InChI=1S/C20H24FN5O3S/c1-11-9-26-19(29-10-11)17(8-23-26)30(22,28)25-20(27)24-18-15-4-2-3-12(15)5-13-6-14(21)7-16(13)18/h5,8,11,14H,2-4,6-7,9-10H2,1H3,(H3,22,24,25,27,28). The molecule has 3 atom stereocenters. The smallest absolute Gasteiger partial charge is 0.354 e. The lowest BCUT2D eigenvalue weighted by Gasteiger charge is -2.21. The normalized spacial score (nSPS) is 23.7. The number of alkyl halides is 1. The molecule has 1 aromatic heterocycles. The summed E-state index contributed by atoms with van der Waals surface area (Å²) < 4.78 is 38.1. The number of urea groups is 1. The number of aromatic nitrogens is 2. The second-order valence-electron chi connectivity index (χ2n) is 8.39. The summed E-state index contributed by atoms with van der Waals surface area (Å²) in [7, 11) is -3.55. The number of hydrogen-bond acceptors (Lipinski definition) is 4. The van der Waals surface area contributed by atoms with Crippen LogP contribution in [-0.2, 0) is 42.1 Å². The predicted molar refractivity (Wildman–Crippen MR) is 110 cm³/mol. The Bertz CT molecular complexity index is 1170. The molecule has 2 heterocycles. The van der Waals surface area contributed by atoms with Gasteiger partial charge < -0.3 is 10.1 Å². The van der Waals surface area contributed by atoms with Crippen LogP contribution in [0.2, 0.25) is 0 Å². The molecule has 1 aromatic carbocycles. The maximum atomic E-state index is 14.0. The van der Waals surface area contributed by atoms with E-state index in [0.29, 0.717) is 31.1 Å². The van der Waals surface area contributed by atoms with Crippen molar-refractivity contribution in [3.8, 4) is 5.88 Å². The summed E-state index contributed by atoms with van der Waals surface area (Å²) in [6, 6.07) is 1.25. The van der Waals surface area contributed by atoms with Gasteiger partial charge in [0.25, 0.3) is 0 Å². The first-order chi connectivity index (χ1) is 14.3. The number of rotatable bonds is 2. The third-order valence-corrected chi connectivity index (χ3v) is 7.33. The van der Waals surface area contributed by atoms with E-state index in [9.17, 15) is 13.4 Å². The average molecular weight is 434 g/mol. The first-order valence-electron chi connectivity index (χ1n) is 10.2.